The van der Waals surface area contributed by atoms with Crippen LogP contribution in [-0.2, 0) is 7.05 Å². The maximum absolute atomic E-state index is 12.5. The van der Waals surface area contributed by atoms with Crippen LogP contribution in [0.2, 0.25) is 0 Å². The third-order valence-electron chi connectivity index (χ3n) is 4.04. The van der Waals surface area contributed by atoms with Crippen LogP contribution in [0.25, 0.3) is 27.4 Å². The summed E-state index contributed by atoms with van der Waals surface area (Å²) in [4.78, 5) is 22.2. The van der Waals surface area contributed by atoms with Crippen LogP contribution >= 0.6 is 11.3 Å². The van der Waals surface area contributed by atoms with E-state index in [4.69, 9.17) is 4.52 Å². The number of hydrogen-bond acceptors (Lipinski definition) is 6. The first-order valence-electron chi connectivity index (χ1n) is 7.01. The van der Waals surface area contributed by atoms with Crippen molar-refractivity contribution in [2.24, 2.45) is 7.05 Å². The fourth-order valence-corrected chi connectivity index (χ4v) is 3.59. The summed E-state index contributed by atoms with van der Waals surface area (Å²) >= 11 is 1.51. The van der Waals surface area contributed by atoms with Gasteiger partial charge in [0, 0.05) is 13.0 Å². The van der Waals surface area contributed by atoms with Crippen molar-refractivity contribution >= 4 is 27.2 Å². The average molecular weight is 313 g/mol. The Balaban J connectivity index is 1.83. The van der Waals surface area contributed by atoms with Crippen molar-refractivity contribution in [2.75, 3.05) is 0 Å². The highest BCUT2D eigenvalue weighted by Crippen LogP contribution is 2.39. The molecule has 110 valence electrons. The van der Waals surface area contributed by atoms with Crippen molar-refractivity contribution < 1.29 is 4.52 Å². The Kier molecular flexibility index (Phi) is 2.22. The molecule has 0 N–H and O–H groups in total. The molecular formula is C14H11N5O2S. The standard InChI is InChI=1S/C14H11N5O2S/c1-18-12-9(10-16-11(21-17-10)7-2-3-7)15-6-19(12)14-8(13(18)20)4-5-22-14/h4-7H,2-3H2,1H3. The fourth-order valence-electron chi connectivity index (χ4n) is 2.72. The van der Waals surface area contributed by atoms with Crippen molar-refractivity contribution in [1.82, 2.24) is 24.1 Å². The molecule has 8 heteroatoms. The van der Waals surface area contributed by atoms with E-state index in [2.05, 4.69) is 15.1 Å². The molecule has 1 fully saturated rings. The van der Waals surface area contributed by atoms with Crippen LogP contribution in [0.1, 0.15) is 24.7 Å². The number of imidazole rings is 1. The van der Waals surface area contributed by atoms with Crippen LogP contribution < -0.4 is 5.56 Å². The summed E-state index contributed by atoms with van der Waals surface area (Å²) in [5.41, 5.74) is 1.21. The monoisotopic (exact) mass is 313 g/mol. The maximum atomic E-state index is 12.5. The van der Waals surface area contributed by atoms with Gasteiger partial charge in [0.25, 0.3) is 5.56 Å². The highest BCUT2D eigenvalue weighted by molar-refractivity contribution is 7.16. The number of hydrogen-bond donors (Lipinski definition) is 0. The SMILES string of the molecule is Cn1c(=O)c2ccsc2n2cnc(-c3noc(C4CC4)n3)c12. The first-order valence-corrected chi connectivity index (χ1v) is 7.89. The molecule has 0 aliphatic heterocycles. The van der Waals surface area contributed by atoms with Crippen LogP contribution in [0, 0.1) is 0 Å². The molecule has 4 aromatic heterocycles. The first-order chi connectivity index (χ1) is 10.7. The van der Waals surface area contributed by atoms with Crippen molar-refractivity contribution in [3.05, 3.63) is 34.0 Å². The number of rotatable bonds is 2. The number of fused-ring (bicyclic) bond motifs is 3. The Labute approximate surface area is 127 Å². The zero-order valence-electron chi connectivity index (χ0n) is 11.7. The molecule has 0 bridgehead atoms. The molecule has 0 spiro atoms. The van der Waals surface area contributed by atoms with E-state index in [1.54, 1.807) is 17.9 Å². The molecule has 1 saturated carbocycles. The van der Waals surface area contributed by atoms with E-state index in [-0.39, 0.29) is 5.56 Å². The minimum absolute atomic E-state index is 0.0450. The van der Waals surface area contributed by atoms with E-state index in [0.717, 1.165) is 17.7 Å². The molecule has 0 saturated heterocycles. The summed E-state index contributed by atoms with van der Waals surface area (Å²) in [5, 5.41) is 6.63. The van der Waals surface area contributed by atoms with Gasteiger partial charge in [0.1, 0.15) is 11.2 Å². The molecule has 4 aromatic rings. The number of aryl methyl sites for hydroxylation is 1. The second kappa shape index (κ2) is 4.04. The van der Waals surface area contributed by atoms with E-state index in [1.165, 1.54) is 11.3 Å². The fraction of sp³-hybridized carbons (Fsp3) is 0.286. The van der Waals surface area contributed by atoms with Gasteiger partial charge in [-0.2, -0.15) is 4.98 Å². The van der Waals surface area contributed by atoms with Gasteiger partial charge in [0.2, 0.25) is 11.7 Å². The van der Waals surface area contributed by atoms with Crippen LogP contribution in [0.4, 0.5) is 0 Å². The number of thiophene rings is 1. The maximum Gasteiger partial charge on any atom is 0.262 e. The van der Waals surface area contributed by atoms with Gasteiger partial charge in [-0.25, -0.2) is 4.98 Å². The average Bonchev–Trinajstić information content (AvgIpc) is 2.97. The predicted molar refractivity (Wildman–Crippen MR) is 81.1 cm³/mol. The molecule has 0 unspecified atom stereocenters. The van der Waals surface area contributed by atoms with E-state index >= 15 is 0 Å². The quantitative estimate of drug-likeness (QED) is 0.567. The lowest BCUT2D eigenvalue weighted by Gasteiger charge is -2.04. The van der Waals surface area contributed by atoms with Crippen molar-refractivity contribution in [3.8, 4) is 11.5 Å². The number of aromatic nitrogens is 5. The Morgan fingerprint density at radius 2 is 2.27 bits per heavy atom. The Hall–Kier alpha value is -2.48. The summed E-state index contributed by atoms with van der Waals surface area (Å²) < 4.78 is 8.80. The predicted octanol–water partition coefficient (Wildman–Crippen LogP) is 2.18. The zero-order valence-corrected chi connectivity index (χ0v) is 12.5. The first kappa shape index (κ1) is 12.1. The van der Waals surface area contributed by atoms with Gasteiger partial charge >= 0.3 is 0 Å². The molecule has 1 aliphatic carbocycles. The summed E-state index contributed by atoms with van der Waals surface area (Å²) in [6.07, 6.45) is 3.90. The second-order valence-electron chi connectivity index (χ2n) is 5.52. The second-order valence-corrected chi connectivity index (χ2v) is 6.42. The van der Waals surface area contributed by atoms with E-state index in [0.29, 0.717) is 34.4 Å². The van der Waals surface area contributed by atoms with Gasteiger partial charge in [-0.05, 0) is 24.3 Å². The molecule has 4 heterocycles. The normalized spacial score (nSPS) is 15.1. The van der Waals surface area contributed by atoms with Gasteiger partial charge in [-0.1, -0.05) is 5.16 Å². The minimum atomic E-state index is -0.0450. The van der Waals surface area contributed by atoms with E-state index < -0.39 is 0 Å². The minimum Gasteiger partial charge on any atom is -0.339 e. The third kappa shape index (κ3) is 1.50. The van der Waals surface area contributed by atoms with Crippen LogP contribution in [0.5, 0.6) is 0 Å². The highest BCUT2D eigenvalue weighted by Gasteiger charge is 2.30. The molecule has 0 atom stereocenters. The Morgan fingerprint density at radius 1 is 1.41 bits per heavy atom. The molecule has 1 aliphatic rings. The third-order valence-corrected chi connectivity index (χ3v) is 4.95. The Morgan fingerprint density at radius 3 is 3.09 bits per heavy atom. The van der Waals surface area contributed by atoms with Gasteiger partial charge < -0.3 is 4.52 Å². The summed E-state index contributed by atoms with van der Waals surface area (Å²) in [6.45, 7) is 0. The lowest BCUT2D eigenvalue weighted by molar-refractivity contribution is 0.380. The molecule has 22 heavy (non-hydrogen) atoms. The molecule has 5 rings (SSSR count). The molecule has 0 amide bonds. The van der Waals surface area contributed by atoms with Crippen molar-refractivity contribution in [1.29, 1.82) is 0 Å². The topological polar surface area (TPSA) is 78.2 Å². The van der Waals surface area contributed by atoms with Crippen molar-refractivity contribution in [2.45, 2.75) is 18.8 Å². The molecule has 7 nitrogen and oxygen atoms in total. The lowest BCUT2D eigenvalue weighted by atomic mass is 10.3. The molecule has 0 radical (unpaired) electrons. The highest BCUT2D eigenvalue weighted by atomic mass is 32.1. The molecular weight excluding hydrogens is 302 g/mol. The van der Waals surface area contributed by atoms with E-state index in [1.807, 2.05) is 15.8 Å². The van der Waals surface area contributed by atoms with Gasteiger partial charge in [0.05, 0.1) is 5.39 Å². The Bertz CT molecular complexity index is 1080. The molecule has 0 aromatic carbocycles. The summed E-state index contributed by atoms with van der Waals surface area (Å²) in [7, 11) is 1.74. The van der Waals surface area contributed by atoms with E-state index in [9.17, 15) is 4.79 Å². The van der Waals surface area contributed by atoms with Crippen LogP contribution in [0.15, 0.2) is 27.1 Å². The van der Waals surface area contributed by atoms with Crippen LogP contribution in [-0.4, -0.2) is 24.1 Å². The van der Waals surface area contributed by atoms with Crippen molar-refractivity contribution in [3.63, 3.8) is 0 Å². The van der Waals surface area contributed by atoms with Gasteiger partial charge in [-0.15, -0.1) is 11.3 Å². The zero-order chi connectivity index (χ0) is 14.8. The largest absolute Gasteiger partial charge is 0.339 e. The van der Waals surface area contributed by atoms with Crippen LogP contribution in [0.3, 0.4) is 0 Å². The van der Waals surface area contributed by atoms with Gasteiger partial charge in [-0.3, -0.25) is 13.8 Å². The lowest BCUT2D eigenvalue weighted by Crippen LogP contribution is -2.18. The summed E-state index contributed by atoms with van der Waals surface area (Å²) in [6, 6.07) is 1.83. The smallest absolute Gasteiger partial charge is 0.262 e. The summed E-state index contributed by atoms with van der Waals surface area (Å²) in [5.74, 6) is 1.50. The van der Waals surface area contributed by atoms with Gasteiger partial charge in [0.15, 0.2) is 11.3 Å². The number of nitrogens with zero attached hydrogens (tertiary/aromatic N) is 5.